The highest BCUT2D eigenvalue weighted by molar-refractivity contribution is 5.37. The molecule has 0 fully saturated rings. The summed E-state index contributed by atoms with van der Waals surface area (Å²) in [7, 11) is 1.69. The third kappa shape index (κ3) is 3.17. The van der Waals surface area contributed by atoms with Crippen LogP contribution < -0.4 is 10.1 Å². The van der Waals surface area contributed by atoms with Crippen molar-refractivity contribution >= 4 is 0 Å². The van der Waals surface area contributed by atoms with Gasteiger partial charge in [-0.3, -0.25) is 0 Å². The Morgan fingerprint density at radius 3 is 3.18 bits per heavy atom. The third-order valence-corrected chi connectivity index (χ3v) is 2.97. The fourth-order valence-corrected chi connectivity index (χ4v) is 1.93. The number of rotatable bonds is 5. The van der Waals surface area contributed by atoms with Gasteiger partial charge in [-0.05, 0) is 25.1 Å². The van der Waals surface area contributed by atoms with Gasteiger partial charge in [-0.25, -0.2) is 4.39 Å². The molecule has 1 aliphatic heterocycles. The van der Waals surface area contributed by atoms with Gasteiger partial charge in [0.25, 0.3) is 0 Å². The molecule has 2 unspecified atom stereocenters. The highest BCUT2D eigenvalue weighted by Gasteiger charge is 2.22. The normalized spacial score (nSPS) is 19.8. The van der Waals surface area contributed by atoms with Gasteiger partial charge >= 0.3 is 0 Å². The molecule has 3 nitrogen and oxygen atoms in total. The molecule has 94 valence electrons. The van der Waals surface area contributed by atoms with Crippen LogP contribution in [0.3, 0.4) is 0 Å². The Morgan fingerprint density at radius 2 is 2.41 bits per heavy atom. The highest BCUT2D eigenvalue weighted by Crippen LogP contribution is 2.28. The summed E-state index contributed by atoms with van der Waals surface area (Å²) in [5.41, 5.74) is 0.955. The zero-order valence-corrected chi connectivity index (χ0v) is 10.2. The molecule has 2 rings (SSSR count). The van der Waals surface area contributed by atoms with E-state index in [1.165, 1.54) is 6.07 Å². The van der Waals surface area contributed by atoms with Crippen molar-refractivity contribution in [2.45, 2.75) is 25.6 Å². The minimum Gasteiger partial charge on any atom is -0.488 e. The van der Waals surface area contributed by atoms with Crippen LogP contribution in [0.2, 0.25) is 0 Å². The van der Waals surface area contributed by atoms with Crippen LogP contribution in [-0.4, -0.2) is 32.4 Å². The van der Waals surface area contributed by atoms with Crippen LogP contribution in [0.25, 0.3) is 0 Å². The lowest BCUT2D eigenvalue weighted by molar-refractivity contribution is 0.113. The van der Waals surface area contributed by atoms with Gasteiger partial charge in [0, 0.05) is 32.2 Å². The van der Waals surface area contributed by atoms with Crippen LogP contribution in [-0.2, 0) is 11.2 Å². The Kier molecular flexibility index (Phi) is 3.97. The molecule has 1 aromatic rings. The molecule has 0 aromatic heterocycles. The fourth-order valence-electron chi connectivity index (χ4n) is 1.93. The second-order valence-electron chi connectivity index (χ2n) is 4.40. The van der Waals surface area contributed by atoms with E-state index in [0.29, 0.717) is 0 Å². The van der Waals surface area contributed by atoms with Crippen molar-refractivity contribution < 1.29 is 13.9 Å². The van der Waals surface area contributed by atoms with Crippen molar-refractivity contribution in [2.24, 2.45) is 0 Å². The summed E-state index contributed by atoms with van der Waals surface area (Å²) in [5, 5.41) is 3.28. The van der Waals surface area contributed by atoms with Crippen molar-refractivity contribution in [2.75, 3.05) is 20.2 Å². The molecule has 0 amide bonds. The van der Waals surface area contributed by atoms with Gasteiger partial charge in [0.1, 0.15) is 17.7 Å². The number of methoxy groups -OCH3 is 1. The van der Waals surface area contributed by atoms with E-state index in [4.69, 9.17) is 9.47 Å². The first kappa shape index (κ1) is 12.3. The molecule has 0 bridgehead atoms. The summed E-state index contributed by atoms with van der Waals surface area (Å²) >= 11 is 0. The number of hydrogen-bond acceptors (Lipinski definition) is 3. The van der Waals surface area contributed by atoms with Crippen LogP contribution in [0, 0.1) is 5.82 Å². The molecular formula is C13H18FNO2. The first-order chi connectivity index (χ1) is 8.19. The predicted octanol–water partition coefficient (Wildman–Crippen LogP) is 1.75. The standard InChI is InChI=1S/C13H18FNO2/c1-9(16-2)7-15-8-12-6-10-5-11(14)3-4-13(10)17-12/h3-5,9,12,15H,6-8H2,1-2H3. The van der Waals surface area contributed by atoms with Crippen molar-refractivity contribution in [1.82, 2.24) is 5.32 Å². The minimum absolute atomic E-state index is 0.0934. The molecule has 4 heteroatoms. The summed E-state index contributed by atoms with van der Waals surface area (Å²) in [6.07, 6.45) is 1.05. The fraction of sp³-hybridized carbons (Fsp3) is 0.538. The highest BCUT2D eigenvalue weighted by atomic mass is 19.1. The zero-order chi connectivity index (χ0) is 12.3. The molecule has 0 aliphatic carbocycles. The maximum Gasteiger partial charge on any atom is 0.123 e. The Hall–Kier alpha value is -1.13. The molecule has 0 saturated carbocycles. The maximum atomic E-state index is 13.0. The van der Waals surface area contributed by atoms with Crippen molar-refractivity contribution in [3.63, 3.8) is 0 Å². The second kappa shape index (κ2) is 5.47. The minimum atomic E-state index is -0.200. The predicted molar refractivity (Wildman–Crippen MR) is 63.9 cm³/mol. The zero-order valence-electron chi connectivity index (χ0n) is 10.2. The van der Waals surface area contributed by atoms with Gasteiger partial charge in [0.2, 0.25) is 0 Å². The molecule has 0 spiro atoms. The number of benzene rings is 1. The van der Waals surface area contributed by atoms with Crippen molar-refractivity contribution in [3.05, 3.63) is 29.6 Å². The second-order valence-corrected chi connectivity index (χ2v) is 4.40. The van der Waals surface area contributed by atoms with E-state index in [-0.39, 0.29) is 18.0 Å². The van der Waals surface area contributed by atoms with Crippen LogP contribution in [0.15, 0.2) is 18.2 Å². The van der Waals surface area contributed by atoms with E-state index in [1.807, 2.05) is 6.92 Å². The lowest BCUT2D eigenvalue weighted by atomic mass is 10.1. The SMILES string of the molecule is COC(C)CNCC1Cc2cc(F)ccc2O1. The maximum absolute atomic E-state index is 13.0. The topological polar surface area (TPSA) is 30.5 Å². The summed E-state index contributed by atoms with van der Waals surface area (Å²) < 4.78 is 23.9. The average molecular weight is 239 g/mol. The first-order valence-electron chi connectivity index (χ1n) is 5.87. The largest absolute Gasteiger partial charge is 0.488 e. The third-order valence-electron chi connectivity index (χ3n) is 2.97. The van der Waals surface area contributed by atoms with Gasteiger partial charge in [-0.2, -0.15) is 0 Å². The summed E-state index contributed by atoms with van der Waals surface area (Å²) in [5.74, 6) is 0.604. The average Bonchev–Trinajstić information content (AvgIpc) is 2.70. The van der Waals surface area contributed by atoms with E-state index in [1.54, 1.807) is 19.2 Å². The summed E-state index contributed by atoms with van der Waals surface area (Å²) in [4.78, 5) is 0. The first-order valence-corrected chi connectivity index (χ1v) is 5.87. The van der Waals surface area contributed by atoms with E-state index < -0.39 is 0 Å². The van der Waals surface area contributed by atoms with E-state index in [2.05, 4.69) is 5.32 Å². The molecule has 1 aliphatic rings. The molecular weight excluding hydrogens is 221 g/mol. The molecule has 1 heterocycles. The molecule has 0 radical (unpaired) electrons. The van der Waals surface area contributed by atoms with Crippen molar-refractivity contribution in [3.8, 4) is 5.75 Å². The van der Waals surface area contributed by atoms with Crippen molar-refractivity contribution in [1.29, 1.82) is 0 Å². The Labute approximate surface area is 101 Å². The number of fused-ring (bicyclic) bond motifs is 1. The number of hydrogen-bond donors (Lipinski definition) is 1. The lowest BCUT2D eigenvalue weighted by Crippen LogP contribution is -2.34. The monoisotopic (exact) mass is 239 g/mol. The van der Waals surface area contributed by atoms with Gasteiger partial charge < -0.3 is 14.8 Å². The van der Waals surface area contributed by atoms with Gasteiger partial charge in [-0.15, -0.1) is 0 Å². The number of halogens is 1. The Balaban J connectivity index is 1.80. The van der Waals surface area contributed by atoms with Gasteiger partial charge in [0.15, 0.2) is 0 Å². The Bertz CT molecular complexity index is 384. The van der Waals surface area contributed by atoms with Crippen LogP contribution in [0.4, 0.5) is 4.39 Å². The number of ether oxygens (including phenoxy) is 2. The summed E-state index contributed by atoms with van der Waals surface area (Å²) in [6, 6.07) is 4.68. The molecule has 17 heavy (non-hydrogen) atoms. The molecule has 1 aromatic carbocycles. The smallest absolute Gasteiger partial charge is 0.123 e. The number of nitrogens with one attached hydrogen (secondary N) is 1. The van der Waals surface area contributed by atoms with Crippen LogP contribution in [0.5, 0.6) is 5.75 Å². The summed E-state index contributed by atoms with van der Waals surface area (Å²) in [6.45, 7) is 3.55. The van der Waals surface area contributed by atoms with E-state index in [9.17, 15) is 4.39 Å². The van der Waals surface area contributed by atoms with E-state index >= 15 is 0 Å². The molecule has 0 saturated heterocycles. The van der Waals surface area contributed by atoms with E-state index in [0.717, 1.165) is 30.8 Å². The van der Waals surface area contributed by atoms with Crippen LogP contribution >= 0.6 is 0 Å². The Morgan fingerprint density at radius 1 is 1.59 bits per heavy atom. The quantitative estimate of drug-likeness (QED) is 0.849. The molecule has 1 N–H and O–H groups in total. The van der Waals surface area contributed by atoms with Gasteiger partial charge in [-0.1, -0.05) is 0 Å². The lowest BCUT2D eigenvalue weighted by Gasteiger charge is -2.14. The molecule has 2 atom stereocenters. The van der Waals surface area contributed by atoms with Crippen LogP contribution in [0.1, 0.15) is 12.5 Å². The van der Waals surface area contributed by atoms with Gasteiger partial charge in [0.05, 0.1) is 6.10 Å².